The van der Waals surface area contributed by atoms with E-state index < -0.39 is 21.1 Å². The molecule has 0 spiro atoms. The number of hydrogen-bond acceptors (Lipinski definition) is 9. The van der Waals surface area contributed by atoms with Crippen LogP contribution in [0.5, 0.6) is 0 Å². The topological polar surface area (TPSA) is 133 Å². The summed E-state index contributed by atoms with van der Waals surface area (Å²) in [5.41, 5.74) is 10.3. The van der Waals surface area contributed by atoms with Crippen molar-refractivity contribution in [3.8, 4) is 34.0 Å². The monoisotopic (exact) mass is 534 g/mol. The minimum Gasteiger partial charge on any atom is -0.382 e. The number of nitrogens with two attached hydrogens (primary N) is 1. The highest BCUT2D eigenvalue weighted by Crippen LogP contribution is 2.30. The molecule has 1 fully saturated rings. The van der Waals surface area contributed by atoms with Gasteiger partial charge in [-0.15, -0.1) is 0 Å². The van der Waals surface area contributed by atoms with Gasteiger partial charge < -0.3 is 20.3 Å². The summed E-state index contributed by atoms with van der Waals surface area (Å²) in [6.07, 6.45) is 2.88. The number of rotatable bonds is 8. The minimum absolute atomic E-state index is 0.194. The Kier molecular flexibility index (Phi) is 7.17. The van der Waals surface area contributed by atoms with Crippen molar-refractivity contribution in [2.24, 2.45) is 0 Å². The van der Waals surface area contributed by atoms with Crippen LogP contribution in [0.25, 0.3) is 34.0 Å². The van der Waals surface area contributed by atoms with E-state index in [-0.39, 0.29) is 10.7 Å². The van der Waals surface area contributed by atoms with Crippen LogP contribution < -0.4 is 11.1 Å². The molecule has 198 valence electrons. The third kappa shape index (κ3) is 5.62. The molecule has 0 amide bonds. The van der Waals surface area contributed by atoms with Crippen molar-refractivity contribution in [2.45, 2.75) is 49.4 Å². The average Bonchev–Trinajstić information content (AvgIpc) is 3.43. The maximum atomic E-state index is 12.4. The van der Waals surface area contributed by atoms with Gasteiger partial charge >= 0.3 is 0 Å². The van der Waals surface area contributed by atoms with Crippen molar-refractivity contribution in [2.75, 3.05) is 18.9 Å². The lowest BCUT2D eigenvalue weighted by Crippen LogP contribution is -2.34. The second-order valence-corrected chi connectivity index (χ2v) is 12.0. The Bertz CT molecular complexity index is 1550. The largest absolute Gasteiger partial charge is 0.382 e. The number of nitrogens with one attached hydrogen (secondary N) is 1. The first-order valence-corrected chi connectivity index (χ1v) is 14.1. The summed E-state index contributed by atoms with van der Waals surface area (Å²) in [4.78, 5) is 9.16. The molecular formula is C28H31N5O4S. The van der Waals surface area contributed by atoms with Gasteiger partial charge in [-0.25, -0.2) is 18.4 Å². The van der Waals surface area contributed by atoms with Crippen LogP contribution in [0.3, 0.4) is 0 Å². The molecule has 1 aliphatic rings. The van der Waals surface area contributed by atoms with Gasteiger partial charge in [0.25, 0.3) is 0 Å². The number of hydrogen-bond donors (Lipinski definition) is 2. The van der Waals surface area contributed by atoms with Gasteiger partial charge in [0.2, 0.25) is 0 Å². The van der Waals surface area contributed by atoms with E-state index in [0.29, 0.717) is 61.0 Å². The number of nitrogen functional groups attached to an aromatic ring is 1. The van der Waals surface area contributed by atoms with Crippen molar-refractivity contribution in [3.63, 3.8) is 0 Å². The maximum absolute atomic E-state index is 12.4. The van der Waals surface area contributed by atoms with Crippen LogP contribution in [0.4, 0.5) is 5.82 Å². The fraction of sp³-hybridized carbons (Fsp3) is 0.321. The summed E-state index contributed by atoms with van der Waals surface area (Å²) < 4.78 is 44.3. The van der Waals surface area contributed by atoms with Gasteiger partial charge in [-0.05, 0) is 44.4 Å². The Morgan fingerprint density at radius 2 is 1.71 bits per heavy atom. The molecule has 3 N–H and O–H groups in total. The molecule has 0 aliphatic carbocycles. The van der Waals surface area contributed by atoms with Gasteiger partial charge in [0, 0.05) is 44.3 Å². The van der Waals surface area contributed by atoms with E-state index in [1.807, 2.05) is 24.3 Å². The molecule has 0 saturated carbocycles. The molecule has 0 bridgehead atoms. The predicted octanol–water partition coefficient (Wildman–Crippen LogP) is 4.50. The summed E-state index contributed by atoms with van der Waals surface area (Å²) in [6.45, 7) is 5.12. The zero-order chi connectivity index (χ0) is 27.6. The van der Waals surface area contributed by atoms with Crippen LogP contribution in [0.1, 0.15) is 33.6 Å². The van der Waals surface area contributed by atoms with E-state index in [2.05, 4.69) is 20.4 Å². The first kappa shape index (κ1) is 24.7. The Morgan fingerprint density at radius 3 is 2.39 bits per heavy atom. The van der Waals surface area contributed by atoms with E-state index in [1.165, 1.54) is 6.20 Å². The van der Waals surface area contributed by atoms with Gasteiger partial charge in [-0.1, -0.05) is 41.6 Å². The first-order chi connectivity index (χ1) is 18.6. The van der Waals surface area contributed by atoms with Crippen LogP contribution in [-0.2, 0) is 21.1 Å². The lowest BCUT2D eigenvalue weighted by Gasteiger charge is -2.23. The Hall–Kier alpha value is -3.60. The molecular weight excluding hydrogens is 502 g/mol. The van der Waals surface area contributed by atoms with E-state index in [9.17, 15) is 8.42 Å². The zero-order valence-corrected chi connectivity index (χ0v) is 22.2. The second kappa shape index (κ2) is 11.0. The number of sulfone groups is 1. The average molecular weight is 535 g/mol. The normalized spacial score (nSPS) is 15.9. The summed E-state index contributed by atoms with van der Waals surface area (Å²) in [5.74, 6) is 0.566. The fourth-order valence-electron chi connectivity index (χ4n) is 4.14. The molecule has 38 heavy (non-hydrogen) atoms. The number of anilines is 1. The second-order valence-electron chi connectivity index (χ2n) is 9.45. The van der Waals surface area contributed by atoms with Crippen molar-refractivity contribution in [1.29, 1.82) is 0 Å². The highest BCUT2D eigenvalue weighted by Gasteiger charge is 2.20. The third-order valence-corrected chi connectivity index (χ3v) is 8.70. The SMILES string of the molecule is [2H]C1(NCc2ccc(-c3cc(-c4nc(-c5ccc(S(=O)(=O)C(C)C)cc5)cnc4N)on3)cc2)CCOCC1. The van der Waals surface area contributed by atoms with Gasteiger partial charge in [0.05, 0.1) is 22.0 Å². The molecule has 5 rings (SSSR count). The van der Waals surface area contributed by atoms with Gasteiger partial charge in [-0.2, -0.15) is 0 Å². The van der Waals surface area contributed by atoms with Gasteiger partial charge in [0.15, 0.2) is 27.1 Å². The Morgan fingerprint density at radius 1 is 1.05 bits per heavy atom. The van der Waals surface area contributed by atoms with Crippen molar-refractivity contribution in [1.82, 2.24) is 20.4 Å². The predicted molar refractivity (Wildman–Crippen MR) is 146 cm³/mol. The number of benzene rings is 2. The van der Waals surface area contributed by atoms with Gasteiger partial charge in [-0.3, -0.25) is 0 Å². The smallest absolute Gasteiger partial charge is 0.189 e. The van der Waals surface area contributed by atoms with Crippen LogP contribution >= 0.6 is 0 Å². The molecule has 0 radical (unpaired) electrons. The molecule has 10 heteroatoms. The molecule has 0 atom stereocenters. The van der Waals surface area contributed by atoms with Crippen LogP contribution in [0.15, 0.2) is 70.2 Å². The summed E-state index contributed by atoms with van der Waals surface area (Å²) in [7, 11) is -3.37. The zero-order valence-electron chi connectivity index (χ0n) is 22.3. The maximum Gasteiger partial charge on any atom is 0.189 e. The highest BCUT2D eigenvalue weighted by atomic mass is 32.2. The van der Waals surface area contributed by atoms with Crippen molar-refractivity contribution >= 4 is 15.7 Å². The summed E-state index contributed by atoms with van der Waals surface area (Å²) in [6, 6.07) is 15.6. The molecule has 1 saturated heterocycles. The molecule has 9 nitrogen and oxygen atoms in total. The number of ether oxygens (including phenoxy) is 1. The fourth-order valence-corrected chi connectivity index (χ4v) is 5.20. The van der Waals surface area contributed by atoms with Crippen molar-refractivity contribution in [3.05, 3.63) is 66.4 Å². The first-order valence-electron chi connectivity index (χ1n) is 13.0. The van der Waals surface area contributed by atoms with E-state index in [4.69, 9.17) is 16.4 Å². The molecule has 3 heterocycles. The Labute approximate surface area is 223 Å². The van der Waals surface area contributed by atoms with Gasteiger partial charge in [0.1, 0.15) is 5.69 Å². The molecule has 1 aliphatic heterocycles. The molecule has 0 unspecified atom stereocenters. The number of aromatic nitrogens is 3. The molecule has 4 aromatic rings. The van der Waals surface area contributed by atoms with E-state index >= 15 is 0 Å². The molecule has 2 aromatic heterocycles. The van der Waals surface area contributed by atoms with Crippen LogP contribution in [0.2, 0.25) is 0 Å². The highest BCUT2D eigenvalue weighted by molar-refractivity contribution is 7.92. The summed E-state index contributed by atoms with van der Waals surface area (Å²) >= 11 is 0. The Balaban J connectivity index is 1.32. The van der Waals surface area contributed by atoms with E-state index in [0.717, 1.165) is 11.1 Å². The van der Waals surface area contributed by atoms with Crippen LogP contribution in [-0.4, -0.2) is 48.0 Å². The van der Waals surface area contributed by atoms with Crippen LogP contribution in [0, 0.1) is 0 Å². The lowest BCUT2D eigenvalue weighted by atomic mass is 10.1. The standard InChI is InChI=1S/C28H31N5O4S/c1-18(2)38(34,35)23-9-7-21(8-10-23)25-17-31-28(29)27(32-25)26-15-24(33-37-26)20-5-3-19(4-6-20)16-30-22-11-13-36-14-12-22/h3-10,15,17-18,22,30H,11-14,16H2,1-2H3,(H2,29,31)/i22D. The lowest BCUT2D eigenvalue weighted by molar-refractivity contribution is 0.0776. The van der Waals surface area contributed by atoms with Crippen molar-refractivity contribution < 1.29 is 19.0 Å². The molecule has 2 aromatic carbocycles. The quantitative estimate of drug-likeness (QED) is 0.335. The van der Waals surface area contributed by atoms with E-state index in [1.54, 1.807) is 44.2 Å². The minimum atomic E-state index is -3.37. The number of nitrogens with zero attached hydrogens (tertiary/aromatic N) is 3. The third-order valence-electron chi connectivity index (χ3n) is 6.53. The summed E-state index contributed by atoms with van der Waals surface area (Å²) in [5, 5.41) is 7.02.